The van der Waals surface area contributed by atoms with Crippen LogP contribution in [0.1, 0.15) is 20.3 Å². The van der Waals surface area contributed by atoms with Gasteiger partial charge in [0.25, 0.3) is 0 Å². The SMILES string of the molecule is CCOC(=O)C(CC)C(=O)OCCOCCOC. The average molecular weight is 262 g/mol. The van der Waals surface area contributed by atoms with E-state index >= 15 is 0 Å². The Labute approximate surface area is 108 Å². The molecule has 0 fully saturated rings. The molecule has 0 aliphatic heterocycles. The molecule has 0 aromatic rings. The molecule has 0 spiro atoms. The molecular weight excluding hydrogens is 240 g/mol. The van der Waals surface area contributed by atoms with Crippen LogP contribution in [0.4, 0.5) is 0 Å². The van der Waals surface area contributed by atoms with Gasteiger partial charge in [0.05, 0.1) is 26.4 Å². The largest absolute Gasteiger partial charge is 0.465 e. The normalized spacial score (nSPS) is 11.9. The molecule has 1 atom stereocenters. The van der Waals surface area contributed by atoms with Crippen LogP contribution in [0.5, 0.6) is 0 Å². The second-order valence-corrected chi connectivity index (χ2v) is 3.49. The maximum Gasteiger partial charge on any atom is 0.320 e. The van der Waals surface area contributed by atoms with Gasteiger partial charge in [-0.3, -0.25) is 9.59 Å². The highest BCUT2D eigenvalue weighted by Gasteiger charge is 2.27. The lowest BCUT2D eigenvalue weighted by Gasteiger charge is -2.12. The fourth-order valence-corrected chi connectivity index (χ4v) is 1.22. The number of carbonyl (C=O) groups excluding carboxylic acids is 2. The van der Waals surface area contributed by atoms with Gasteiger partial charge in [0.2, 0.25) is 0 Å². The van der Waals surface area contributed by atoms with Gasteiger partial charge in [-0.2, -0.15) is 0 Å². The fourth-order valence-electron chi connectivity index (χ4n) is 1.22. The van der Waals surface area contributed by atoms with Gasteiger partial charge in [-0.25, -0.2) is 0 Å². The van der Waals surface area contributed by atoms with E-state index in [-0.39, 0.29) is 19.8 Å². The van der Waals surface area contributed by atoms with Crippen molar-refractivity contribution >= 4 is 11.9 Å². The van der Waals surface area contributed by atoms with Crippen molar-refractivity contribution in [3.8, 4) is 0 Å². The summed E-state index contributed by atoms with van der Waals surface area (Å²) in [6.07, 6.45) is 0.363. The van der Waals surface area contributed by atoms with Crippen molar-refractivity contribution in [2.75, 3.05) is 40.1 Å². The van der Waals surface area contributed by atoms with E-state index < -0.39 is 17.9 Å². The van der Waals surface area contributed by atoms with Crippen molar-refractivity contribution in [3.05, 3.63) is 0 Å². The predicted molar refractivity (Wildman–Crippen MR) is 64.1 cm³/mol. The van der Waals surface area contributed by atoms with Crippen molar-refractivity contribution in [1.82, 2.24) is 0 Å². The summed E-state index contributed by atoms with van der Waals surface area (Å²) in [6, 6.07) is 0. The lowest BCUT2D eigenvalue weighted by Crippen LogP contribution is -2.28. The summed E-state index contributed by atoms with van der Waals surface area (Å²) in [5.41, 5.74) is 0. The van der Waals surface area contributed by atoms with E-state index in [0.717, 1.165) is 0 Å². The molecule has 0 amide bonds. The third-order valence-electron chi connectivity index (χ3n) is 2.17. The minimum atomic E-state index is -0.844. The molecule has 0 saturated carbocycles. The van der Waals surface area contributed by atoms with Crippen molar-refractivity contribution in [1.29, 1.82) is 0 Å². The van der Waals surface area contributed by atoms with Crippen LogP contribution in [0.25, 0.3) is 0 Å². The highest BCUT2D eigenvalue weighted by molar-refractivity contribution is 5.94. The Balaban J connectivity index is 3.80. The number of hydrogen-bond acceptors (Lipinski definition) is 6. The Morgan fingerprint density at radius 1 is 0.944 bits per heavy atom. The van der Waals surface area contributed by atoms with Gasteiger partial charge < -0.3 is 18.9 Å². The summed E-state index contributed by atoms with van der Waals surface area (Å²) in [6.45, 7) is 5.03. The van der Waals surface area contributed by atoms with Gasteiger partial charge in [-0.15, -0.1) is 0 Å². The summed E-state index contributed by atoms with van der Waals surface area (Å²) >= 11 is 0. The first-order valence-electron chi connectivity index (χ1n) is 6.07. The van der Waals surface area contributed by atoms with Crippen molar-refractivity contribution in [2.24, 2.45) is 5.92 Å². The van der Waals surface area contributed by atoms with Gasteiger partial charge in [0.1, 0.15) is 6.61 Å². The molecule has 0 bridgehead atoms. The molecule has 6 nitrogen and oxygen atoms in total. The molecule has 0 aliphatic carbocycles. The third-order valence-corrected chi connectivity index (χ3v) is 2.17. The van der Waals surface area contributed by atoms with Crippen molar-refractivity contribution in [2.45, 2.75) is 20.3 Å². The highest BCUT2D eigenvalue weighted by atomic mass is 16.6. The molecule has 0 N–H and O–H groups in total. The lowest BCUT2D eigenvalue weighted by molar-refractivity contribution is -0.162. The minimum absolute atomic E-state index is 0.123. The van der Waals surface area contributed by atoms with E-state index in [0.29, 0.717) is 19.6 Å². The van der Waals surface area contributed by atoms with Crippen LogP contribution in [-0.2, 0) is 28.5 Å². The quantitative estimate of drug-likeness (QED) is 0.329. The lowest BCUT2D eigenvalue weighted by atomic mass is 10.1. The van der Waals surface area contributed by atoms with Crippen LogP contribution in [0, 0.1) is 5.92 Å². The van der Waals surface area contributed by atoms with Crippen LogP contribution in [-0.4, -0.2) is 52.1 Å². The van der Waals surface area contributed by atoms with E-state index in [1.165, 1.54) is 0 Å². The van der Waals surface area contributed by atoms with Gasteiger partial charge >= 0.3 is 11.9 Å². The Bertz CT molecular complexity index is 241. The zero-order chi connectivity index (χ0) is 13.8. The average Bonchev–Trinajstić information content (AvgIpc) is 2.35. The first kappa shape index (κ1) is 16.9. The standard InChI is InChI=1S/C12H22O6/c1-4-10(11(13)17-5-2)12(14)18-9-8-16-7-6-15-3/h10H,4-9H2,1-3H3. The van der Waals surface area contributed by atoms with E-state index in [4.69, 9.17) is 18.9 Å². The number of carbonyl (C=O) groups is 2. The predicted octanol–water partition coefficient (Wildman–Crippen LogP) is 0.782. The Morgan fingerprint density at radius 3 is 2.11 bits per heavy atom. The molecule has 0 radical (unpaired) electrons. The van der Waals surface area contributed by atoms with Crippen LogP contribution < -0.4 is 0 Å². The summed E-state index contributed by atoms with van der Waals surface area (Å²) in [7, 11) is 1.58. The summed E-state index contributed by atoms with van der Waals surface area (Å²) < 4.78 is 19.6. The maximum absolute atomic E-state index is 11.6. The highest BCUT2D eigenvalue weighted by Crippen LogP contribution is 2.08. The Morgan fingerprint density at radius 2 is 1.56 bits per heavy atom. The Kier molecular flexibility index (Phi) is 10.3. The first-order valence-corrected chi connectivity index (χ1v) is 6.07. The molecule has 6 heteroatoms. The zero-order valence-electron chi connectivity index (χ0n) is 11.3. The molecule has 0 rings (SSSR count). The molecule has 106 valence electrons. The van der Waals surface area contributed by atoms with Crippen molar-refractivity contribution < 1.29 is 28.5 Å². The van der Waals surface area contributed by atoms with Crippen LogP contribution in [0.2, 0.25) is 0 Å². The molecule has 0 aliphatic rings. The molecule has 0 aromatic heterocycles. The number of ether oxygens (including phenoxy) is 4. The third kappa shape index (κ3) is 7.24. The van der Waals surface area contributed by atoms with Gasteiger partial charge in [-0.05, 0) is 13.3 Å². The van der Waals surface area contributed by atoms with Crippen molar-refractivity contribution in [3.63, 3.8) is 0 Å². The van der Waals surface area contributed by atoms with Crippen LogP contribution in [0.15, 0.2) is 0 Å². The molecule has 1 unspecified atom stereocenters. The molecular formula is C12H22O6. The fraction of sp³-hybridized carbons (Fsp3) is 0.833. The maximum atomic E-state index is 11.6. The molecule has 0 heterocycles. The number of methoxy groups -OCH3 is 1. The molecule has 0 aromatic carbocycles. The summed E-state index contributed by atoms with van der Waals surface area (Å²) in [5.74, 6) is -1.94. The minimum Gasteiger partial charge on any atom is -0.465 e. The van der Waals surface area contributed by atoms with Gasteiger partial charge in [0.15, 0.2) is 5.92 Å². The number of hydrogen-bond donors (Lipinski definition) is 0. The van der Waals surface area contributed by atoms with E-state index in [1.807, 2.05) is 0 Å². The van der Waals surface area contributed by atoms with E-state index in [2.05, 4.69) is 0 Å². The number of rotatable bonds is 10. The second kappa shape index (κ2) is 11.0. The van der Waals surface area contributed by atoms with Crippen LogP contribution in [0.3, 0.4) is 0 Å². The molecule has 0 saturated heterocycles. The van der Waals surface area contributed by atoms with Gasteiger partial charge in [0, 0.05) is 7.11 Å². The van der Waals surface area contributed by atoms with Gasteiger partial charge in [-0.1, -0.05) is 6.92 Å². The smallest absolute Gasteiger partial charge is 0.320 e. The number of esters is 2. The monoisotopic (exact) mass is 262 g/mol. The second-order valence-electron chi connectivity index (χ2n) is 3.49. The summed E-state index contributed by atoms with van der Waals surface area (Å²) in [5, 5.41) is 0. The molecule has 18 heavy (non-hydrogen) atoms. The van der Waals surface area contributed by atoms with E-state index in [9.17, 15) is 9.59 Å². The topological polar surface area (TPSA) is 71.1 Å². The van der Waals surface area contributed by atoms with E-state index in [1.54, 1.807) is 21.0 Å². The van der Waals surface area contributed by atoms with Crippen LogP contribution >= 0.6 is 0 Å². The first-order chi connectivity index (χ1) is 8.67. The zero-order valence-corrected chi connectivity index (χ0v) is 11.3. The Hall–Kier alpha value is -1.14. The summed E-state index contributed by atoms with van der Waals surface area (Å²) in [4.78, 5) is 23.0.